The standard InChI is InChI=1S/C16H16ClNOS2/c17-8-11-1-3-12(4-2-11)9-18-16(19)15-7-13-10-20-6-5-14(13)21-15/h1-4,7H,5-6,8-10H2,(H,18,19). The van der Waals surface area contributed by atoms with E-state index in [9.17, 15) is 4.79 Å². The maximum Gasteiger partial charge on any atom is 0.261 e. The van der Waals surface area contributed by atoms with E-state index in [0.29, 0.717) is 12.4 Å². The Morgan fingerprint density at radius 3 is 2.71 bits per heavy atom. The topological polar surface area (TPSA) is 29.1 Å². The summed E-state index contributed by atoms with van der Waals surface area (Å²) in [5.74, 6) is 2.76. The van der Waals surface area contributed by atoms with Crippen LogP contribution in [0.15, 0.2) is 30.3 Å². The third-order valence-electron chi connectivity index (χ3n) is 3.48. The second kappa shape index (κ2) is 6.86. The Bertz CT molecular complexity index is 613. The Morgan fingerprint density at radius 1 is 1.24 bits per heavy atom. The van der Waals surface area contributed by atoms with Crippen LogP contribution >= 0.6 is 34.7 Å². The van der Waals surface area contributed by atoms with Gasteiger partial charge in [-0.05, 0) is 34.9 Å². The van der Waals surface area contributed by atoms with Crippen LogP contribution in [0.1, 0.15) is 31.2 Å². The van der Waals surface area contributed by atoms with E-state index >= 15 is 0 Å². The molecule has 1 aliphatic heterocycles. The van der Waals surface area contributed by atoms with Gasteiger partial charge in [-0.3, -0.25) is 4.79 Å². The van der Waals surface area contributed by atoms with Gasteiger partial charge < -0.3 is 5.32 Å². The fraction of sp³-hybridized carbons (Fsp3) is 0.312. The van der Waals surface area contributed by atoms with Crippen molar-refractivity contribution in [3.63, 3.8) is 0 Å². The predicted octanol–water partition coefficient (Wildman–Crippen LogP) is 4.21. The van der Waals surface area contributed by atoms with Crippen molar-refractivity contribution in [3.8, 4) is 0 Å². The summed E-state index contributed by atoms with van der Waals surface area (Å²) in [6, 6.07) is 10.1. The van der Waals surface area contributed by atoms with E-state index in [2.05, 4.69) is 11.4 Å². The number of rotatable bonds is 4. The lowest BCUT2D eigenvalue weighted by atomic mass is 10.1. The second-order valence-electron chi connectivity index (χ2n) is 4.99. The Labute approximate surface area is 137 Å². The van der Waals surface area contributed by atoms with Crippen molar-refractivity contribution in [2.45, 2.75) is 24.6 Å². The molecule has 2 heterocycles. The summed E-state index contributed by atoms with van der Waals surface area (Å²) in [5, 5.41) is 2.99. The third kappa shape index (κ3) is 3.62. The van der Waals surface area contributed by atoms with Crippen molar-refractivity contribution in [2.75, 3.05) is 5.75 Å². The number of hydrogen-bond donors (Lipinski definition) is 1. The van der Waals surface area contributed by atoms with Crippen LogP contribution in [-0.2, 0) is 24.6 Å². The molecule has 0 aliphatic carbocycles. The number of thioether (sulfide) groups is 1. The highest BCUT2D eigenvalue weighted by atomic mass is 35.5. The van der Waals surface area contributed by atoms with Crippen LogP contribution in [0.25, 0.3) is 0 Å². The lowest BCUT2D eigenvalue weighted by Crippen LogP contribution is -2.21. The Balaban J connectivity index is 1.61. The molecule has 0 saturated carbocycles. The lowest BCUT2D eigenvalue weighted by Gasteiger charge is -2.08. The molecule has 2 nitrogen and oxygen atoms in total. The van der Waals surface area contributed by atoms with Crippen molar-refractivity contribution in [1.29, 1.82) is 0 Å². The molecular weight excluding hydrogens is 322 g/mol. The van der Waals surface area contributed by atoms with Gasteiger partial charge in [-0.2, -0.15) is 11.8 Å². The fourth-order valence-corrected chi connectivity index (χ4v) is 4.74. The number of nitrogens with one attached hydrogen (secondary N) is 1. The van der Waals surface area contributed by atoms with Crippen molar-refractivity contribution in [3.05, 3.63) is 56.8 Å². The van der Waals surface area contributed by atoms with Crippen LogP contribution in [0.4, 0.5) is 0 Å². The minimum absolute atomic E-state index is 0.0285. The molecule has 0 unspecified atom stereocenters. The first kappa shape index (κ1) is 14.9. The van der Waals surface area contributed by atoms with E-state index in [0.717, 1.165) is 28.2 Å². The summed E-state index contributed by atoms with van der Waals surface area (Å²) in [5.41, 5.74) is 3.53. The van der Waals surface area contributed by atoms with E-state index in [1.54, 1.807) is 11.3 Å². The van der Waals surface area contributed by atoms with Crippen LogP contribution in [0, 0.1) is 0 Å². The summed E-state index contributed by atoms with van der Waals surface area (Å²) < 4.78 is 0. The zero-order valence-electron chi connectivity index (χ0n) is 11.5. The number of amides is 1. The first-order valence-corrected chi connectivity index (χ1v) is 9.38. The molecule has 110 valence electrons. The molecule has 1 aromatic carbocycles. The summed E-state index contributed by atoms with van der Waals surface area (Å²) in [6.07, 6.45) is 1.10. The number of benzene rings is 1. The molecule has 0 atom stereocenters. The molecular formula is C16H16ClNOS2. The SMILES string of the molecule is O=C(NCc1ccc(CCl)cc1)c1cc2c(s1)CCSC2. The van der Waals surface area contributed by atoms with Crippen LogP contribution in [0.2, 0.25) is 0 Å². The van der Waals surface area contributed by atoms with Gasteiger partial charge in [0, 0.05) is 23.1 Å². The maximum absolute atomic E-state index is 12.2. The molecule has 5 heteroatoms. The normalized spacial score (nSPS) is 13.8. The number of thiophene rings is 1. The first-order valence-electron chi connectivity index (χ1n) is 6.87. The molecule has 0 saturated heterocycles. The molecule has 1 aromatic heterocycles. The van der Waals surface area contributed by atoms with Crippen molar-refractivity contribution in [1.82, 2.24) is 5.32 Å². The summed E-state index contributed by atoms with van der Waals surface area (Å²) in [7, 11) is 0. The Morgan fingerprint density at radius 2 is 2.00 bits per heavy atom. The zero-order valence-corrected chi connectivity index (χ0v) is 13.9. The van der Waals surface area contributed by atoms with Crippen molar-refractivity contribution in [2.24, 2.45) is 0 Å². The second-order valence-corrected chi connectivity index (χ2v) is 7.50. The number of halogens is 1. The lowest BCUT2D eigenvalue weighted by molar-refractivity contribution is 0.0955. The Hall–Kier alpha value is -0.970. The van der Waals surface area contributed by atoms with Gasteiger partial charge in [0.05, 0.1) is 4.88 Å². The monoisotopic (exact) mass is 337 g/mol. The predicted molar refractivity (Wildman–Crippen MR) is 91.4 cm³/mol. The summed E-state index contributed by atoms with van der Waals surface area (Å²) in [4.78, 5) is 14.4. The molecule has 0 spiro atoms. The van der Waals surface area contributed by atoms with Crippen LogP contribution in [0.5, 0.6) is 0 Å². The maximum atomic E-state index is 12.2. The summed E-state index contributed by atoms with van der Waals surface area (Å²) >= 11 is 9.35. The molecule has 1 N–H and O–H groups in total. The average Bonchev–Trinajstić information content (AvgIpc) is 2.97. The zero-order chi connectivity index (χ0) is 14.7. The van der Waals surface area contributed by atoms with Gasteiger partial charge in [-0.25, -0.2) is 0 Å². The largest absolute Gasteiger partial charge is 0.347 e. The fourth-order valence-electron chi connectivity index (χ4n) is 2.27. The number of hydrogen-bond acceptors (Lipinski definition) is 3. The van der Waals surface area contributed by atoms with Gasteiger partial charge in [0.25, 0.3) is 5.91 Å². The van der Waals surface area contributed by atoms with E-state index in [1.165, 1.54) is 16.2 Å². The van der Waals surface area contributed by atoms with Crippen LogP contribution in [0.3, 0.4) is 0 Å². The number of alkyl halides is 1. The summed E-state index contributed by atoms with van der Waals surface area (Å²) in [6.45, 7) is 0.554. The highest BCUT2D eigenvalue weighted by Crippen LogP contribution is 2.31. The van der Waals surface area contributed by atoms with E-state index in [-0.39, 0.29) is 5.91 Å². The highest BCUT2D eigenvalue weighted by Gasteiger charge is 2.17. The van der Waals surface area contributed by atoms with Gasteiger partial charge in [-0.15, -0.1) is 22.9 Å². The molecule has 0 radical (unpaired) electrons. The van der Waals surface area contributed by atoms with Crippen molar-refractivity contribution >= 4 is 40.6 Å². The molecule has 1 aliphatic rings. The molecule has 3 rings (SSSR count). The molecule has 0 bridgehead atoms. The third-order valence-corrected chi connectivity index (χ3v) is 6.03. The van der Waals surface area contributed by atoms with Gasteiger partial charge in [-0.1, -0.05) is 24.3 Å². The number of fused-ring (bicyclic) bond motifs is 1. The number of aryl methyl sites for hydroxylation is 1. The van der Waals surface area contributed by atoms with Crippen LogP contribution in [-0.4, -0.2) is 11.7 Å². The van der Waals surface area contributed by atoms with Gasteiger partial charge in [0.2, 0.25) is 0 Å². The van der Waals surface area contributed by atoms with E-state index in [1.807, 2.05) is 36.0 Å². The Kier molecular flexibility index (Phi) is 4.88. The molecule has 0 fully saturated rings. The number of carbonyl (C=O) groups is 1. The quantitative estimate of drug-likeness (QED) is 0.847. The van der Waals surface area contributed by atoms with Crippen LogP contribution < -0.4 is 5.32 Å². The van der Waals surface area contributed by atoms with E-state index < -0.39 is 0 Å². The van der Waals surface area contributed by atoms with Crippen molar-refractivity contribution < 1.29 is 4.79 Å². The minimum atomic E-state index is 0.0285. The highest BCUT2D eigenvalue weighted by molar-refractivity contribution is 7.98. The number of carbonyl (C=O) groups excluding carboxylic acids is 1. The minimum Gasteiger partial charge on any atom is -0.347 e. The smallest absolute Gasteiger partial charge is 0.261 e. The first-order chi connectivity index (χ1) is 10.3. The van der Waals surface area contributed by atoms with Gasteiger partial charge >= 0.3 is 0 Å². The average molecular weight is 338 g/mol. The van der Waals surface area contributed by atoms with Gasteiger partial charge in [0.15, 0.2) is 0 Å². The molecule has 1 amide bonds. The van der Waals surface area contributed by atoms with E-state index in [4.69, 9.17) is 11.6 Å². The molecule has 21 heavy (non-hydrogen) atoms. The van der Waals surface area contributed by atoms with Gasteiger partial charge in [0.1, 0.15) is 0 Å². The molecule has 2 aromatic rings.